The van der Waals surface area contributed by atoms with Crippen LogP contribution in [-0.4, -0.2) is 60.6 Å². The summed E-state index contributed by atoms with van der Waals surface area (Å²) in [6.45, 7) is 2.70. The number of carbonyl (C=O) groups is 1. The number of carbonyl (C=O) groups excluding carboxylic acids is 1. The second-order valence-corrected chi connectivity index (χ2v) is 5.79. The van der Waals surface area contributed by atoms with Crippen LogP contribution in [0.2, 0.25) is 0 Å². The molecule has 0 aliphatic carbocycles. The maximum Gasteiger partial charge on any atom is 0.236 e. The Labute approximate surface area is 126 Å². The maximum absolute atomic E-state index is 12.2. The molecule has 2 rings (SSSR count). The van der Waals surface area contributed by atoms with Gasteiger partial charge in [0.2, 0.25) is 5.91 Å². The van der Waals surface area contributed by atoms with Crippen molar-refractivity contribution in [3.05, 3.63) is 30.1 Å². The highest BCUT2D eigenvalue weighted by Crippen LogP contribution is 2.13. The standard InChI is InChI=1S/C16H25N3O2/c1-18(11-14-6-8-17-9-7-14)13-16(20)19(2)12-15-5-3-4-10-21-15/h6-9,15H,3-5,10-13H2,1-2H3/t15-/m0/s1. The van der Waals surface area contributed by atoms with Gasteiger partial charge in [0.05, 0.1) is 12.6 Å². The average molecular weight is 291 g/mol. The Hall–Kier alpha value is -1.46. The molecule has 5 heteroatoms. The molecule has 0 N–H and O–H groups in total. The van der Waals surface area contributed by atoms with E-state index in [1.807, 2.05) is 31.1 Å². The van der Waals surface area contributed by atoms with Crippen molar-refractivity contribution in [2.75, 3.05) is 33.8 Å². The molecule has 5 nitrogen and oxygen atoms in total. The molecule has 1 aliphatic rings. The molecule has 116 valence electrons. The van der Waals surface area contributed by atoms with Crippen molar-refractivity contribution in [3.8, 4) is 0 Å². The van der Waals surface area contributed by atoms with Gasteiger partial charge in [-0.3, -0.25) is 14.7 Å². The Bertz CT molecular complexity index is 432. The molecule has 1 atom stereocenters. The van der Waals surface area contributed by atoms with E-state index in [0.717, 1.165) is 26.0 Å². The van der Waals surface area contributed by atoms with E-state index in [4.69, 9.17) is 4.74 Å². The number of rotatable bonds is 6. The molecule has 0 saturated carbocycles. The fourth-order valence-corrected chi connectivity index (χ4v) is 2.57. The maximum atomic E-state index is 12.2. The summed E-state index contributed by atoms with van der Waals surface area (Å²) in [5.74, 6) is 0.140. The molecule has 0 unspecified atom stereocenters. The van der Waals surface area contributed by atoms with Crippen molar-refractivity contribution in [2.45, 2.75) is 31.9 Å². The molecule has 1 amide bonds. The molecule has 1 fully saturated rings. The van der Waals surface area contributed by atoms with E-state index in [0.29, 0.717) is 13.1 Å². The molecule has 1 aliphatic heterocycles. The molecule has 2 heterocycles. The molecule has 0 radical (unpaired) electrons. The third kappa shape index (κ3) is 5.44. The van der Waals surface area contributed by atoms with E-state index in [1.54, 1.807) is 17.3 Å². The molecule has 0 aromatic carbocycles. The molecular weight excluding hydrogens is 266 g/mol. The minimum Gasteiger partial charge on any atom is -0.376 e. The highest BCUT2D eigenvalue weighted by molar-refractivity contribution is 5.78. The van der Waals surface area contributed by atoms with Crippen molar-refractivity contribution in [2.24, 2.45) is 0 Å². The van der Waals surface area contributed by atoms with Crippen LogP contribution in [0.15, 0.2) is 24.5 Å². The number of hydrogen-bond donors (Lipinski definition) is 0. The molecule has 21 heavy (non-hydrogen) atoms. The van der Waals surface area contributed by atoms with Gasteiger partial charge in [-0.05, 0) is 44.0 Å². The summed E-state index contributed by atoms with van der Waals surface area (Å²) in [5, 5.41) is 0. The van der Waals surface area contributed by atoms with E-state index < -0.39 is 0 Å². The third-order valence-electron chi connectivity index (χ3n) is 3.78. The smallest absolute Gasteiger partial charge is 0.236 e. The Kier molecular flexibility index (Phi) is 6.14. The summed E-state index contributed by atoms with van der Waals surface area (Å²) in [4.78, 5) is 20.0. The lowest BCUT2D eigenvalue weighted by atomic mass is 10.1. The van der Waals surface area contributed by atoms with E-state index in [2.05, 4.69) is 4.98 Å². The fraction of sp³-hybridized carbons (Fsp3) is 0.625. The lowest BCUT2D eigenvalue weighted by Gasteiger charge is -2.28. The molecule has 1 saturated heterocycles. The monoisotopic (exact) mass is 291 g/mol. The Balaban J connectivity index is 1.74. The average Bonchev–Trinajstić information content (AvgIpc) is 2.49. The van der Waals surface area contributed by atoms with Crippen molar-refractivity contribution in [1.82, 2.24) is 14.8 Å². The van der Waals surface area contributed by atoms with Gasteiger partial charge in [-0.25, -0.2) is 0 Å². The van der Waals surface area contributed by atoms with E-state index in [1.165, 1.54) is 12.0 Å². The van der Waals surface area contributed by atoms with Crippen LogP contribution in [0.3, 0.4) is 0 Å². The van der Waals surface area contributed by atoms with Gasteiger partial charge in [-0.2, -0.15) is 0 Å². The minimum atomic E-state index is 0.140. The largest absolute Gasteiger partial charge is 0.376 e. The molecule has 1 aromatic heterocycles. The summed E-state index contributed by atoms with van der Waals surface area (Å²) >= 11 is 0. The second kappa shape index (κ2) is 8.10. The van der Waals surface area contributed by atoms with Crippen molar-refractivity contribution in [3.63, 3.8) is 0 Å². The summed E-state index contributed by atoms with van der Waals surface area (Å²) in [6.07, 6.45) is 7.16. The predicted octanol–water partition coefficient (Wildman–Crippen LogP) is 1.54. The molecule has 0 bridgehead atoms. The topological polar surface area (TPSA) is 45.7 Å². The first-order chi connectivity index (χ1) is 10.1. The van der Waals surface area contributed by atoms with E-state index in [-0.39, 0.29) is 12.0 Å². The van der Waals surface area contributed by atoms with E-state index in [9.17, 15) is 4.79 Å². The summed E-state index contributed by atoms with van der Waals surface area (Å²) in [7, 11) is 3.82. The van der Waals surface area contributed by atoms with Crippen molar-refractivity contribution >= 4 is 5.91 Å². The van der Waals surface area contributed by atoms with Gasteiger partial charge in [0.1, 0.15) is 0 Å². The minimum absolute atomic E-state index is 0.140. The van der Waals surface area contributed by atoms with Gasteiger partial charge < -0.3 is 9.64 Å². The number of likely N-dealkylation sites (N-methyl/N-ethyl adjacent to an activating group) is 2. The summed E-state index contributed by atoms with van der Waals surface area (Å²) in [6, 6.07) is 3.95. The van der Waals surface area contributed by atoms with Crippen LogP contribution in [0.25, 0.3) is 0 Å². The van der Waals surface area contributed by atoms with Gasteiger partial charge >= 0.3 is 0 Å². The first kappa shape index (κ1) is 15.9. The Morgan fingerprint density at radius 1 is 1.33 bits per heavy atom. The van der Waals surface area contributed by atoms with Crippen LogP contribution in [-0.2, 0) is 16.1 Å². The lowest BCUT2D eigenvalue weighted by Crippen LogP contribution is -2.41. The van der Waals surface area contributed by atoms with Gasteiger partial charge in [0.25, 0.3) is 0 Å². The zero-order chi connectivity index (χ0) is 15.1. The fourth-order valence-electron chi connectivity index (χ4n) is 2.57. The quantitative estimate of drug-likeness (QED) is 0.797. The summed E-state index contributed by atoms with van der Waals surface area (Å²) in [5.41, 5.74) is 1.17. The number of nitrogens with zero attached hydrogens (tertiary/aromatic N) is 3. The number of ether oxygens (including phenoxy) is 1. The number of amides is 1. The zero-order valence-electron chi connectivity index (χ0n) is 13.0. The molecule has 1 aromatic rings. The van der Waals surface area contributed by atoms with Crippen LogP contribution in [0.4, 0.5) is 0 Å². The molecule has 0 spiro atoms. The first-order valence-corrected chi connectivity index (χ1v) is 7.58. The Morgan fingerprint density at radius 3 is 2.76 bits per heavy atom. The summed E-state index contributed by atoms with van der Waals surface area (Å²) < 4.78 is 5.68. The van der Waals surface area contributed by atoms with Gasteiger partial charge in [-0.15, -0.1) is 0 Å². The van der Waals surface area contributed by atoms with Crippen LogP contribution >= 0.6 is 0 Å². The lowest BCUT2D eigenvalue weighted by molar-refractivity contribution is -0.133. The van der Waals surface area contributed by atoms with Crippen LogP contribution in [0.5, 0.6) is 0 Å². The Morgan fingerprint density at radius 2 is 2.10 bits per heavy atom. The predicted molar refractivity (Wildman–Crippen MR) is 81.8 cm³/mol. The van der Waals surface area contributed by atoms with Gasteiger partial charge in [0.15, 0.2) is 0 Å². The SMILES string of the molecule is CN(CC(=O)N(C)C[C@@H]1CCCCO1)Cc1ccncc1. The van der Waals surface area contributed by atoms with Gasteiger partial charge in [0, 0.05) is 39.1 Å². The van der Waals surface area contributed by atoms with Crippen LogP contribution in [0, 0.1) is 0 Å². The van der Waals surface area contributed by atoms with Gasteiger partial charge in [-0.1, -0.05) is 0 Å². The number of hydrogen-bond acceptors (Lipinski definition) is 4. The van der Waals surface area contributed by atoms with E-state index >= 15 is 0 Å². The normalized spacial score (nSPS) is 18.7. The molecular formula is C16H25N3O2. The highest BCUT2D eigenvalue weighted by atomic mass is 16.5. The zero-order valence-corrected chi connectivity index (χ0v) is 13.0. The van der Waals surface area contributed by atoms with Crippen molar-refractivity contribution < 1.29 is 9.53 Å². The second-order valence-electron chi connectivity index (χ2n) is 5.79. The van der Waals surface area contributed by atoms with Crippen molar-refractivity contribution in [1.29, 1.82) is 0 Å². The number of aromatic nitrogens is 1. The third-order valence-corrected chi connectivity index (χ3v) is 3.78. The first-order valence-electron chi connectivity index (χ1n) is 7.58. The highest BCUT2D eigenvalue weighted by Gasteiger charge is 2.19. The number of pyridine rings is 1. The van der Waals surface area contributed by atoms with Crippen LogP contribution in [0.1, 0.15) is 24.8 Å². The van der Waals surface area contributed by atoms with Crippen LogP contribution < -0.4 is 0 Å².